The molecule has 1 spiro atoms. The summed E-state index contributed by atoms with van der Waals surface area (Å²) in [5, 5.41) is 9.98. The third-order valence-electron chi connectivity index (χ3n) is 5.52. The number of ether oxygens (including phenoxy) is 1. The lowest BCUT2D eigenvalue weighted by molar-refractivity contribution is -0.128. The van der Waals surface area contributed by atoms with Gasteiger partial charge in [0.25, 0.3) is 0 Å². The Bertz CT molecular complexity index is 927. The fourth-order valence-electron chi connectivity index (χ4n) is 4.26. The van der Waals surface area contributed by atoms with Crippen molar-refractivity contribution < 1.29 is 9.53 Å². The Balaban J connectivity index is 1.86. The Morgan fingerprint density at radius 1 is 1.11 bits per heavy atom. The molecule has 3 nitrogen and oxygen atoms in total. The normalized spacial score (nSPS) is 25.2. The minimum atomic E-state index is -0.515. The van der Waals surface area contributed by atoms with Gasteiger partial charge in [-0.1, -0.05) is 58.4 Å². The van der Waals surface area contributed by atoms with Crippen LogP contribution in [0.5, 0.6) is 0 Å². The minimum absolute atomic E-state index is 0.0607. The molecule has 0 N–H and O–H groups in total. The zero-order valence-corrected chi connectivity index (χ0v) is 16.5. The van der Waals surface area contributed by atoms with Crippen LogP contribution >= 0.6 is 15.9 Å². The Morgan fingerprint density at radius 3 is 2.52 bits per heavy atom. The van der Waals surface area contributed by atoms with Crippen molar-refractivity contribution >= 4 is 27.5 Å². The fourth-order valence-corrected chi connectivity index (χ4v) is 4.53. The highest BCUT2D eigenvalue weighted by Crippen LogP contribution is 2.49. The second-order valence-electron chi connectivity index (χ2n) is 7.38. The van der Waals surface area contributed by atoms with Crippen molar-refractivity contribution in [1.29, 1.82) is 5.26 Å². The molecular formula is C23H20BrNO2. The number of hydrogen-bond donors (Lipinski definition) is 0. The maximum Gasteiger partial charge on any atom is 0.141 e. The van der Waals surface area contributed by atoms with Gasteiger partial charge in [0.2, 0.25) is 0 Å². The summed E-state index contributed by atoms with van der Waals surface area (Å²) >= 11 is 3.46. The highest BCUT2D eigenvalue weighted by atomic mass is 79.9. The monoisotopic (exact) mass is 421 g/mol. The predicted octanol–water partition coefficient (Wildman–Crippen LogP) is 5.77. The standard InChI is InChI=1S/C23H20BrNO2/c24-18-10-8-17(9-11-18)22-21(15-25)20(16-5-2-1-3-6-16)14-23(27-22)12-4-7-19(26)13-23/h1-3,5-6,8-11,20H,4,7,12-14H2/t20-,23-/m1/s1. The van der Waals surface area contributed by atoms with E-state index in [4.69, 9.17) is 4.74 Å². The predicted molar refractivity (Wildman–Crippen MR) is 108 cm³/mol. The molecule has 1 saturated carbocycles. The van der Waals surface area contributed by atoms with E-state index in [0.29, 0.717) is 30.6 Å². The second kappa shape index (κ2) is 7.32. The molecule has 0 radical (unpaired) electrons. The van der Waals surface area contributed by atoms with Gasteiger partial charge < -0.3 is 4.74 Å². The van der Waals surface area contributed by atoms with Crippen LogP contribution in [0.4, 0.5) is 0 Å². The van der Waals surface area contributed by atoms with E-state index in [1.165, 1.54) is 0 Å². The number of benzene rings is 2. The summed E-state index contributed by atoms with van der Waals surface area (Å²) in [6.45, 7) is 0. The van der Waals surface area contributed by atoms with Crippen LogP contribution in [0.2, 0.25) is 0 Å². The van der Waals surface area contributed by atoms with Crippen LogP contribution in [-0.2, 0) is 9.53 Å². The van der Waals surface area contributed by atoms with Gasteiger partial charge in [-0.25, -0.2) is 0 Å². The van der Waals surface area contributed by atoms with E-state index in [1.54, 1.807) is 0 Å². The molecule has 2 aliphatic rings. The second-order valence-corrected chi connectivity index (χ2v) is 8.30. The summed E-state index contributed by atoms with van der Waals surface area (Å²) in [6, 6.07) is 20.3. The zero-order chi connectivity index (χ0) is 18.9. The van der Waals surface area contributed by atoms with Crippen LogP contribution in [0.15, 0.2) is 64.6 Å². The SMILES string of the molecule is N#CC1=C(c2ccc(Br)cc2)O[C@@]2(CCCC(=O)C2)C[C@@H]1c1ccccc1. The van der Waals surface area contributed by atoms with Gasteiger partial charge in [0, 0.05) is 28.8 Å². The Kier molecular flexibility index (Phi) is 4.88. The van der Waals surface area contributed by atoms with Gasteiger partial charge in [-0.2, -0.15) is 5.26 Å². The van der Waals surface area contributed by atoms with Crippen LogP contribution in [0.1, 0.15) is 49.1 Å². The lowest BCUT2D eigenvalue weighted by Gasteiger charge is -2.44. The van der Waals surface area contributed by atoms with E-state index in [2.05, 4.69) is 34.1 Å². The number of ketones is 1. The number of nitriles is 1. The molecule has 1 aliphatic heterocycles. The van der Waals surface area contributed by atoms with Crippen molar-refractivity contribution in [3.8, 4) is 6.07 Å². The molecule has 0 amide bonds. The summed E-state index contributed by atoms with van der Waals surface area (Å²) in [6.07, 6.45) is 3.42. The van der Waals surface area contributed by atoms with Crippen molar-refractivity contribution in [1.82, 2.24) is 0 Å². The third kappa shape index (κ3) is 3.57. The van der Waals surface area contributed by atoms with Crippen molar-refractivity contribution in [2.45, 2.75) is 43.6 Å². The number of halogens is 1. The molecule has 4 rings (SSSR count). The van der Waals surface area contributed by atoms with Gasteiger partial charge in [0.05, 0.1) is 11.6 Å². The van der Waals surface area contributed by atoms with Gasteiger partial charge in [-0.05, 0) is 37.0 Å². The maximum atomic E-state index is 12.3. The summed E-state index contributed by atoms with van der Waals surface area (Å²) in [5.74, 6) is 0.818. The fraction of sp³-hybridized carbons (Fsp3) is 0.304. The molecule has 1 heterocycles. The van der Waals surface area contributed by atoms with Gasteiger partial charge in [-0.15, -0.1) is 0 Å². The van der Waals surface area contributed by atoms with Crippen LogP contribution in [-0.4, -0.2) is 11.4 Å². The summed E-state index contributed by atoms with van der Waals surface area (Å²) in [4.78, 5) is 12.3. The number of rotatable bonds is 2. The van der Waals surface area contributed by atoms with E-state index >= 15 is 0 Å². The largest absolute Gasteiger partial charge is 0.485 e. The Hall–Kier alpha value is -2.38. The molecule has 0 aromatic heterocycles. The summed E-state index contributed by atoms with van der Waals surface area (Å²) < 4.78 is 7.46. The molecule has 2 aromatic carbocycles. The Morgan fingerprint density at radius 2 is 1.85 bits per heavy atom. The molecule has 27 heavy (non-hydrogen) atoms. The molecular weight excluding hydrogens is 402 g/mol. The number of nitrogens with zero attached hydrogens (tertiary/aromatic N) is 1. The van der Waals surface area contributed by atoms with Crippen molar-refractivity contribution in [2.75, 3.05) is 0 Å². The molecule has 1 aliphatic carbocycles. The van der Waals surface area contributed by atoms with Crippen LogP contribution in [0.3, 0.4) is 0 Å². The molecule has 2 atom stereocenters. The van der Waals surface area contributed by atoms with E-state index in [-0.39, 0.29) is 11.7 Å². The van der Waals surface area contributed by atoms with Crippen LogP contribution in [0, 0.1) is 11.3 Å². The number of Topliss-reactive ketones (excluding diaryl/α,β-unsaturated/α-hetero) is 1. The summed E-state index contributed by atoms with van der Waals surface area (Å²) in [7, 11) is 0. The number of hydrogen-bond acceptors (Lipinski definition) is 3. The molecule has 4 heteroatoms. The van der Waals surface area contributed by atoms with Gasteiger partial charge >= 0.3 is 0 Å². The number of carbonyl (C=O) groups is 1. The highest BCUT2D eigenvalue weighted by Gasteiger charge is 2.46. The van der Waals surface area contributed by atoms with E-state index < -0.39 is 5.60 Å². The molecule has 0 unspecified atom stereocenters. The van der Waals surface area contributed by atoms with E-state index in [0.717, 1.165) is 28.4 Å². The lowest BCUT2D eigenvalue weighted by atomic mass is 9.72. The first-order chi connectivity index (χ1) is 13.1. The molecule has 0 bridgehead atoms. The summed E-state index contributed by atoms with van der Waals surface area (Å²) in [5.41, 5.74) is 2.11. The van der Waals surface area contributed by atoms with E-state index in [9.17, 15) is 10.1 Å². The first-order valence-corrected chi connectivity index (χ1v) is 10.1. The smallest absolute Gasteiger partial charge is 0.141 e. The number of allylic oxidation sites excluding steroid dienone is 1. The molecule has 0 saturated heterocycles. The van der Waals surface area contributed by atoms with Gasteiger partial charge in [0.1, 0.15) is 17.1 Å². The van der Waals surface area contributed by atoms with Crippen molar-refractivity contribution in [3.63, 3.8) is 0 Å². The first kappa shape index (κ1) is 18.0. The lowest BCUT2D eigenvalue weighted by Crippen LogP contribution is -2.42. The quantitative estimate of drug-likeness (QED) is 0.618. The third-order valence-corrected chi connectivity index (χ3v) is 6.05. The van der Waals surface area contributed by atoms with Crippen molar-refractivity contribution in [2.24, 2.45) is 0 Å². The number of carbonyl (C=O) groups excluding carboxylic acids is 1. The highest BCUT2D eigenvalue weighted by molar-refractivity contribution is 9.10. The van der Waals surface area contributed by atoms with E-state index in [1.807, 2.05) is 42.5 Å². The molecule has 1 fully saturated rings. The average Bonchev–Trinajstić information content (AvgIpc) is 2.68. The minimum Gasteiger partial charge on any atom is -0.485 e. The Labute approximate surface area is 167 Å². The maximum absolute atomic E-state index is 12.3. The first-order valence-electron chi connectivity index (χ1n) is 9.26. The van der Waals surface area contributed by atoms with Gasteiger partial charge in [0.15, 0.2) is 0 Å². The molecule has 2 aromatic rings. The average molecular weight is 422 g/mol. The van der Waals surface area contributed by atoms with Crippen LogP contribution < -0.4 is 0 Å². The van der Waals surface area contributed by atoms with Crippen molar-refractivity contribution in [3.05, 3.63) is 75.8 Å². The van der Waals surface area contributed by atoms with Gasteiger partial charge in [-0.3, -0.25) is 4.79 Å². The zero-order valence-electron chi connectivity index (χ0n) is 15.0. The molecule has 136 valence electrons. The topological polar surface area (TPSA) is 50.1 Å². The van der Waals surface area contributed by atoms with Crippen LogP contribution in [0.25, 0.3) is 5.76 Å².